The number of anilines is 1. The number of piperidine rings is 1. The van der Waals surface area contributed by atoms with Gasteiger partial charge in [-0.15, -0.1) is 0 Å². The van der Waals surface area contributed by atoms with E-state index in [0.717, 1.165) is 11.2 Å². The van der Waals surface area contributed by atoms with Crippen molar-refractivity contribution in [3.05, 3.63) is 17.8 Å². The van der Waals surface area contributed by atoms with E-state index in [1.165, 1.54) is 0 Å². The van der Waals surface area contributed by atoms with E-state index in [0.29, 0.717) is 19.3 Å². The fraction of sp³-hybridized carbons (Fsp3) is 0.615. The highest BCUT2D eigenvalue weighted by atomic mass is 19.4. The molecular weight excluding hydrogens is 304 g/mol. The molecule has 2 heterocycles. The van der Waals surface area contributed by atoms with Crippen molar-refractivity contribution in [1.82, 2.24) is 14.9 Å². The second-order valence-corrected chi connectivity index (χ2v) is 5.05. The zero-order valence-electron chi connectivity index (χ0n) is 12.0. The lowest BCUT2D eigenvalue weighted by Crippen LogP contribution is -2.50. The monoisotopic (exact) mass is 320 g/mol. The molecule has 0 aliphatic carbocycles. The first-order valence-corrected chi connectivity index (χ1v) is 6.93. The summed E-state index contributed by atoms with van der Waals surface area (Å²) in [6.45, 7) is 0.464. The van der Waals surface area contributed by atoms with E-state index in [1.54, 1.807) is 6.92 Å². The number of nitrogens with one attached hydrogen (secondary N) is 1. The fourth-order valence-corrected chi connectivity index (χ4v) is 2.37. The molecule has 1 aromatic rings. The van der Waals surface area contributed by atoms with Gasteiger partial charge in [0.2, 0.25) is 5.91 Å². The molecule has 2 rings (SSSR count). The quantitative estimate of drug-likeness (QED) is 0.864. The van der Waals surface area contributed by atoms with Crippen LogP contribution in [-0.2, 0) is 11.2 Å². The van der Waals surface area contributed by atoms with E-state index in [-0.39, 0.29) is 18.1 Å². The Morgan fingerprint density at radius 2 is 2.14 bits per heavy atom. The maximum absolute atomic E-state index is 14.0. The zero-order valence-corrected chi connectivity index (χ0v) is 12.0. The highest BCUT2D eigenvalue weighted by Crippen LogP contribution is 2.23. The number of nitrogens with zero attached hydrogens (tertiary/aromatic N) is 3. The summed E-state index contributed by atoms with van der Waals surface area (Å²) >= 11 is 0. The Hall–Kier alpha value is -1.93. The van der Waals surface area contributed by atoms with Gasteiger partial charge >= 0.3 is 6.18 Å². The molecular formula is C13H16F4N4O. The fourth-order valence-electron chi connectivity index (χ4n) is 2.37. The summed E-state index contributed by atoms with van der Waals surface area (Å²) in [5.74, 6) is -1.52. The minimum atomic E-state index is -4.45. The molecule has 1 atom stereocenters. The first-order valence-electron chi connectivity index (χ1n) is 6.93. The molecule has 0 spiro atoms. The number of likely N-dealkylation sites (tertiary alicyclic amines) is 1. The van der Waals surface area contributed by atoms with E-state index in [1.807, 2.05) is 0 Å². The molecule has 22 heavy (non-hydrogen) atoms. The van der Waals surface area contributed by atoms with Crippen molar-refractivity contribution in [3.63, 3.8) is 0 Å². The summed E-state index contributed by atoms with van der Waals surface area (Å²) < 4.78 is 51.3. The number of alkyl halides is 3. The molecule has 1 saturated heterocycles. The third-order valence-electron chi connectivity index (χ3n) is 3.41. The molecule has 0 saturated carbocycles. The summed E-state index contributed by atoms with van der Waals surface area (Å²) in [6.07, 6.45) is -2.20. The summed E-state index contributed by atoms with van der Waals surface area (Å²) in [5, 5.41) is 2.60. The molecule has 1 fully saturated rings. The zero-order chi connectivity index (χ0) is 16.3. The molecule has 0 aromatic carbocycles. The number of carbonyl (C=O) groups excluding carboxylic acids is 1. The maximum Gasteiger partial charge on any atom is 0.406 e. The molecule has 5 nitrogen and oxygen atoms in total. The number of hydrogen-bond acceptors (Lipinski definition) is 4. The van der Waals surface area contributed by atoms with Crippen molar-refractivity contribution in [2.45, 2.75) is 38.4 Å². The van der Waals surface area contributed by atoms with Crippen LogP contribution in [-0.4, -0.2) is 46.1 Å². The Labute approximate surface area is 124 Å². The van der Waals surface area contributed by atoms with Gasteiger partial charge in [-0.1, -0.05) is 6.92 Å². The van der Waals surface area contributed by atoms with Crippen LogP contribution in [0.1, 0.15) is 25.5 Å². The number of hydrogen-bond donors (Lipinski definition) is 1. The third-order valence-corrected chi connectivity index (χ3v) is 3.41. The van der Waals surface area contributed by atoms with Crippen LogP contribution in [0.15, 0.2) is 6.33 Å². The predicted molar refractivity (Wildman–Crippen MR) is 70.6 cm³/mol. The largest absolute Gasteiger partial charge is 0.406 e. The highest BCUT2D eigenvalue weighted by Gasteiger charge is 2.37. The van der Waals surface area contributed by atoms with Crippen LogP contribution in [0.5, 0.6) is 0 Å². The first kappa shape index (κ1) is 16.4. The average Bonchev–Trinajstić information content (AvgIpc) is 2.44. The lowest BCUT2D eigenvalue weighted by Gasteiger charge is -2.33. The van der Waals surface area contributed by atoms with Gasteiger partial charge in [0.05, 0.1) is 5.69 Å². The minimum Gasteiger partial charge on any atom is -0.356 e. The van der Waals surface area contributed by atoms with Crippen LogP contribution in [0.2, 0.25) is 0 Å². The number of rotatable bonds is 4. The number of carbonyl (C=O) groups is 1. The van der Waals surface area contributed by atoms with Crippen molar-refractivity contribution in [1.29, 1.82) is 0 Å². The van der Waals surface area contributed by atoms with Gasteiger partial charge in [-0.2, -0.15) is 13.2 Å². The molecule has 1 aliphatic heterocycles. The normalized spacial score (nSPS) is 19.4. The summed E-state index contributed by atoms with van der Waals surface area (Å²) in [6, 6.07) is -0.912. The van der Waals surface area contributed by atoms with Crippen LogP contribution in [0, 0.1) is 5.82 Å². The number of halogens is 4. The van der Waals surface area contributed by atoms with Crippen molar-refractivity contribution >= 4 is 11.7 Å². The second-order valence-electron chi connectivity index (χ2n) is 5.05. The van der Waals surface area contributed by atoms with E-state index < -0.39 is 30.5 Å². The number of aryl methyl sites for hydroxylation is 1. The van der Waals surface area contributed by atoms with Crippen LogP contribution in [0.4, 0.5) is 23.4 Å². The average molecular weight is 320 g/mol. The molecule has 1 aromatic heterocycles. The van der Waals surface area contributed by atoms with E-state index >= 15 is 0 Å². The SMILES string of the molecule is CCc1ncnc(NC2CCCN(CC(F)(F)F)C2=O)c1F. The second kappa shape index (κ2) is 6.45. The lowest BCUT2D eigenvalue weighted by atomic mass is 10.0. The predicted octanol–water partition coefficient (Wildman–Crippen LogP) is 2.14. The molecule has 1 aliphatic rings. The third kappa shape index (κ3) is 3.83. The van der Waals surface area contributed by atoms with Gasteiger partial charge in [-0.3, -0.25) is 4.79 Å². The molecule has 122 valence electrons. The minimum absolute atomic E-state index is 0.0446. The number of amides is 1. The first-order chi connectivity index (χ1) is 10.3. The molecule has 9 heteroatoms. The van der Waals surface area contributed by atoms with E-state index in [4.69, 9.17) is 0 Å². The van der Waals surface area contributed by atoms with Gasteiger partial charge in [-0.25, -0.2) is 14.4 Å². The topological polar surface area (TPSA) is 58.1 Å². The van der Waals surface area contributed by atoms with Gasteiger partial charge in [0.1, 0.15) is 18.9 Å². The van der Waals surface area contributed by atoms with Crippen LogP contribution >= 0.6 is 0 Å². The smallest absolute Gasteiger partial charge is 0.356 e. The molecule has 0 radical (unpaired) electrons. The Kier molecular flexibility index (Phi) is 4.82. The van der Waals surface area contributed by atoms with Gasteiger partial charge in [-0.05, 0) is 19.3 Å². The summed E-state index contributed by atoms with van der Waals surface area (Å²) in [5.41, 5.74) is 0.188. The Morgan fingerprint density at radius 3 is 2.77 bits per heavy atom. The highest BCUT2D eigenvalue weighted by molar-refractivity contribution is 5.85. The van der Waals surface area contributed by atoms with Gasteiger partial charge in [0.15, 0.2) is 11.6 Å². The molecule has 1 amide bonds. The van der Waals surface area contributed by atoms with Crippen LogP contribution in [0.3, 0.4) is 0 Å². The lowest BCUT2D eigenvalue weighted by molar-refractivity contribution is -0.163. The van der Waals surface area contributed by atoms with E-state index in [2.05, 4.69) is 15.3 Å². The van der Waals surface area contributed by atoms with Crippen LogP contribution in [0.25, 0.3) is 0 Å². The molecule has 1 unspecified atom stereocenters. The summed E-state index contributed by atoms with van der Waals surface area (Å²) in [7, 11) is 0. The van der Waals surface area contributed by atoms with Crippen molar-refractivity contribution in [2.24, 2.45) is 0 Å². The molecule has 1 N–H and O–H groups in total. The van der Waals surface area contributed by atoms with Gasteiger partial charge in [0, 0.05) is 6.54 Å². The van der Waals surface area contributed by atoms with Gasteiger partial charge < -0.3 is 10.2 Å². The van der Waals surface area contributed by atoms with Gasteiger partial charge in [0.25, 0.3) is 0 Å². The Bertz CT molecular complexity index is 549. The Balaban J connectivity index is 2.11. The van der Waals surface area contributed by atoms with Crippen molar-refractivity contribution in [2.75, 3.05) is 18.4 Å². The van der Waals surface area contributed by atoms with Crippen molar-refractivity contribution in [3.8, 4) is 0 Å². The maximum atomic E-state index is 14.0. The van der Waals surface area contributed by atoms with Crippen LogP contribution < -0.4 is 5.32 Å². The standard InChI is InChI=1S/C13H16F4N4O/c1-2-8-10(14)11(19-7-18-8)20-9-4-3-5-21(12(9)22)6-13(15,16)17/h7,9H,2-6H2,1H3,(H,18,19,20). The summed E-state index contributed by atoms with van der Waals surface area (Å²) in [4.78, 5) is 20.3. The van der Waals surface area contributed by atoms with E-state index in [9.17, 15) is 22.4 Å². The van der Waals surface area contributed by atoms with Crippen molar-refractivity contribution < 1.29 is 22.4 Å². The Morgan fingerprint density at radius 1 is 1.41 bits per heavy atom. The molecule has 0 bridgehead atoms. The number of aromatic nitrogens is 2.